The predicted molar refractivity (Wildman–Crippen MR) is 87.2 cm³/mol. The van der Waals surface area contributed by atoms with Crippen LogP contribution in [0.2, 0.25) is 0 Å². The Hall–Kier alpha value is -0.120. The Morgan fingerprint density at radius 1 is 1.05 bits per heavy atom. The van der Waals surface area contributed by atoms with Gasteiger partial charge in [-0.1, -0.05) is 39.0 Å². The van der Waals surface area contributed by atoms with E-state index in [2.05, 4.69) is 36.1 Å². The van der Waals surface area contributed by atoms with E-state index in [9.17, 15) is 0 Å². The third kappa shape index (κ3) is 5.01. The third-order valence-corrected chi connectivity index (χ3v) is 5.37. The van der Waals surface area contributed by atoms with E-state index in [-0.39, 0.29) is 0 Å². The summed E-state index contributed by atoms with van der Waals surface area (Å²) in [6.07, 6.45) is 10.1. The molecule has 2 rings (SSSR count). The average Bonchev–Trinajstić information content (AvgIpc) is 2.44. The van der Waals surface area contributed by atoms with Crippen LogP contribution in [0.5, 0.6) is 0 Å². The summed E-state index contributed by atoms with van der Waals surface area (Å²) in [5.41, 5.74) is 0. The molecule has 1 saturated heterocycles. The number of likely N-dealkylation sites (N-methyl/N-ethyl adjacent to an activating group) is 2. The van der Waals surface area contributed by atoms with Gasteiger partial charge in [-0.2, -0.15) is 0 Å². The Bertz CT molecular complexity index is 263. The lowest BCUT2D eigenvalue weighted by molar-refractivity contribution is 0.0974. The van der Waals surface area contributed by atoms with Crippen molar-refractivity contribution in [1.82, 2.24) is 15.1 Å². The minimum Gasteiger partial charge on any atom is -0.314 e. The third-order valence-electron chi connectivity index (χ3n) is 5.37. The van der Waals surface area contributed by atoms with Crippen molar-refractivity contribution in [3.63, 3.8) is 0 Å². The molecule has 1 saturated carbocycles. The highest BCUT2D eigenvalue weighted by Crippen LogP contribution is 2.28. The van der Waals surface area contributed by atoms with Crippen molar-refractivity contribution < 1.29 is 0 Å². The number of nitrogens with zero attached hydrogens (tertiary/aromatic N) is 2. The van der Waals surface area contributed by atoms with Crippen molar-refractivity contribution in [3.8, 4) is 0 Å². The first kappa shape index (κ1) is 16.3. The quantitative estimate of drug-likeness (QED) is 0.807. The van der Waals surface area contributed by atoms with Crippen LogP contribution >= 0.6 is 0 Å². The fourth-order valence-electron chi connectivity index (χ4n) is 4.06. The summed E-state index contributed by atoms with van der Waals surface area (Å²) >= 11 is 0. The summed E-state index contributed by atoms with van der Waals surface area (Å²) in [6.45, 7) is 7.06. The van der Waals surface area contributed by atoms with Crippen LogP contribution in [-0.4, -0.2) is 62.2 Å². The van der Waals surface area contributed by atoms with Crippen LogP contribution in [0.4, 0.5) is 0 Å². The van der Waals surface area contributed by atoms with Crippen LogP contribution in [0.15, 0.2) is 0 Å². The number of piperazine rings is 1. The SMILES string of the molecule is CCNC(CC1CCCCC1)CC1CN(C)CCN1C. The van der Waals surface area contributed by atoms with E-state index in [0.717, 1.165) is 24.5 Å². The molecular formula is C17H35N3. The molecule has 3 nitrogen and oxygen atoms in total. The van der Waals surface area contributed by atoms with E-state index in [0.29, 0.717) is 0 Å². The first-order valence-corrected chi connectivity index (χ1v) is 8.81. The summed E-state index contributed by atoms with van der Waals surface area (Å²) in [4.78, 5) is 5.07. The van der Waals surface area contributed by atoms with E-state index >= 15 is 0 Å². The first-order valence-electron chi connectivity index (χ1n) is 8.81. The second-order valence-electron chi connectivity index (χ2n) is 7.13. The van der Waals surface area contributed by atoms with Crippen LogP contribution in [0, 0.1) is 5.92 Å². The van der Waals surface area contributed by atoms with Crippen LogP contribution < -0.4 is 5.32 Å². The molecule has 3 heteroatoms. The Morgan fingerprint density at radius 2 is 1.80 bits per heavy atom. The van der Waals surface area contributed by atoms with Gasteiger partial charge in [-0.3, -0.25) is 0 Å². The molecule has 2 atom stereocenters. The van der Waals surface area contributed by atoms with Crippen LogP contribution in [0.1, 0.15) is 51.9 Å². The maximum atomic E-state index is 3.77. The lowest BCUT2D eigenvalue weighted by atomic mass is 9.83. The topological polar surface area (TPSA) is 18.5 Å². The minimum atomic E-state index is 0.724. The van der Waals surface area contributed by atoms with Crippen LogP contribution in [-0.2, 0) is 0 Å². The molecule has 0 aromatic rings. The fraction of sp³-hybridized carbons (Fsp3) is 1.00. The molecule has 2 fully saturated rings. The monoisotopic (exact) mass is 281 g/mol. The molecule has 1 aliphatic heterocycles. The van der Waals surface area contributed by atoms with Gasteiger partial charge in [0.1, 0.15) is 0 Å². The van der Waals surface area contributed by atoms with Gasteiger partial charge < -0.3 is 15.1 Å². The van der Waals surface area contributed by atoms with Crippen molar-refractivity contribution in [2.75, 3.05) is 40.3 Å². The highest BCUT2D eigenvalue weighted by molar-refractivity contribution is 4.84. The molecule has 0 amide bonds. The van der Waals surface area contributed by atoms with Gasteiger partial charge in [0.05, 0.1) is 0 Å². The zero-order valence-corrected chi connectivity index (χ0v) is 13.9. The second-order valence-corrected chi connectivity index (χ2v) is 7.13. The molecule has 20 heavy (non-hydrogen) atoms. The van der Waals surface area contributed by atoms with Crippen LogP contribution in [0.3, 0.4) is 0 Å². The molecule has 1 N–H and O–H groups in total. The zero-order valence-electron chi connectivity index (χ0n) is 13.9. The Kier molecular flexibility index (Phi) is 6.79. The summed E-state index contributed by atoms with van der Waals surface area (Å²) < 4.78 is 0. The minimum absolute atomic E-state index is 0.724. The van der Waals surface area contributed by atoms with E-state index in [1.54, 1.807) is 0 Å². The molecule has 2 unspecified atom stereocenters. The Labute approximate surface area is 126 Å². The Balaban J connectivity index is 1.83. The number of hydrogen-bond donors (Lipinski definition) is 1. The van der Waals surface area contributed by atoms with Gasteiger partial charge in [0, 0.05) is 31.7 Å². The van der Waals surface area contributed by atoms with Crippen molar-refractivity contribution >= 4 is 0 Å². The maximum absolute atomic E-state index is 3.77. The fourth-order valence-corrected chi connectivity index (χ4v) is 4.06. The van der Waals surface area contributed by atoms with Crippen molar-refractivity contribution in [3.05, 3.63) is 0 Å². The Morgan fingerprint density at radius 3 is 2.50 bits per heavy atom. The van der Waals surface area contributed by atoms with Gasteiger partial charge in [0.15, 0.2) is 0 Å². The second kappa shape index (κ2) is 8.35. The van der Waals surface area contributed by atoms with Gasteiger partial charge in [0.25, 0.3) is 0 Å². The lowest BCUT2D eigenvalue weighted by Crippen LogP contribution is -2.52. The van der Waals surface area contributed by atoms with Crippen molar-refractivity contribution in [2.45, 2.75) is 64.0 Å². The van der Waals surface area contributed by atoms with Gasteiger partial charge in [-0.25, -0.2) is 0 Å². The van der Waals surface area contributed by atoms with E-state index < -0.39 is 0 Å². The highest BCUT2D eigenvalue weighted by atomic mass is 15.3. The summed E-state index contributed by atoms with van der Waals surface area (Å²) in [7, 11) is 4.57. The smallest absolute Gasteiger partial charge is 0.0235 e. The van der Waals surface area contributed by atoms with E-state index in [1.807, 2.05) is 0 Å². The van der Waals surface area contributed by atoms with E-state index in [4.69, 9.17) is 0 Å². The van der Waals surface area contributed by atoms with Gasteiger partial charge >= 0.3 is 0 Å². The lowest BCUT2D eigenvalue weighted by Gasteiger charge is -2.40. The zero-order chi connectivity index (χ0) is 14.4. The van der Waals surface area contributed by atoms with E-state index in [1.165, 1.54) is 64.6 Å². The largest absolute Gasteiger partial charge is 0.314 e. The van der Waals surface area contributed by atoms with Gasteiger partial charge in [0.2, 0.25) is 0 Å². The molecule has 2 aliphatic rings. The number of nitrogens with one attached hydrogen (secondary N) is 1. The maximum Gasteiger partial charge on any atom is 0.0235 e. The molecule has 0 spiro atoms. The standard InChI is InChI=1S/C17H35N3/c1-4-18-16(12-15-8-6-5-7-9-15)13-17-14-19(2)10-11-20(17)3/h15-18H,4-14H2,1-3H3. The van der Waals surface area contributed by atoms with Crippen LogP contribution in [0.25, 0.3) is 0 Å². The summed E-state index contributed by atoms with van der Waals surface area (Å²) in [5.74, 6) is 0.986. The predicted octanol–water partition coefficient (Wildman–Crippen LogP) is 2.57. The van der Waals surface area contributed by atoms with Crippen molar-refractivity contribution in [2.24, 2.45) is 5.92 Å². The number of rotatable bonds is 6. The summed E-state index contributed by atoms with van der Waals surface area (Å²) in [6, 6.07) is 1.46. The molecule has 0 aromatic carbocycles. The molecule has 1 aliphatic carbocycles. The first-order chi connectivity index (χ1) is 9.69. The number of hydrogen-bond acceptors (Lipinski definition) is 3. The summed E-state index contributed by atoms with van der Waals surface area (Å²) in [5, 5.41) is 3.77. The molecule has 0 bridgehead atoms. The molecule has 118 valence electrons. The van der Waals surface area contributed by atoms with Crippen molar-refractivity contribution in [1.29, 1.82) is 0 Å². The molecule has 0 radical (unpaired) electrons. The molecule has 1 heterocycles. The molecule has 0 aromatic heterocycles. The van der Waals surface area contributed by atoms with Gasteiger partial charge in [-0.05, 0) is 39.4 Å². The normalized spacial score (nSPS) is 28.6. The average molecular weight is 281 g/mol. The highest BCUT2D eigenvalue weighted by Gasteiger charge is 2.26. The molecular weight excluding hydrogens is 246 g/mol. The van der Waals surface area contributed by atoms with Gasteiger partial charge in [-0.15, -0.1) is 0 Å².